The summed E-state index contributed by atoms with van der Waals surface area (Å²) in [7, 11) is 1.28. The zero-order chi connectivity index (χ0) is 18.4. The Bertz CT molecular complexity index is 643. The number of esters is 1. The highest BCUT2D eigenvalue weighted by Crippen LogP contribution is 2.41. The number of fused-ring (bicyclic) bond motifs is 1. The molecule has 1 aromatic carbocycles. The highest BCUT2D eigenvalue weighted by molar-refractivity contribution is 9.09. The minimum atomic E-state index is -1.56. The zero-order valence-corrected chi connectivity index (χ0v) is 16.6. The fourth-order valence-electron chi connectivity index (χ4n) is 3.08. The standard InChI is InChI=1S/C19H25BrO5/c1-4-6-15-16(24-12-5-11-20)8-7-14-9-10-19(13(2)21,18(22)23-3)25-17(14)15/h7-8H,4-6,9-12H2,1-3H3. The number of ether oxygens (including phenoxy) is 3. The maximum Gasteiger partial charge on any atom is 0.358 e. The number of carbonyl (C=O) groups excluding carboxylic acids is 2. The van der Waals surface area contributed by atoms with Crippen molar-refractivity contribution in [2.75, 3.05) is 19.0 Å². The first-order valence-electron chi connectivity index (χ1n) is 8.62. The fraction of sp³-hybridized carbons (Fsp3) is 0.579. The van der Waals surface area contributed by atoms with E-state index in [9.17, 15) is 9.59 Å². The van der Waals surface area contributed by atoms with E-state index in [2.05, 4.69) is 22.9 Å². The van der Waals surface area contributed by atoms with Crippen LogP contribution in [0.4, 0.5) is 0 Å². The lowest BCUT2D eigenvalue weighted by atomic mass is 9.86. The van der Waals surface area contributed by atoms with Crippen LogP contribution in [0.3, 0.4) is 0 Å². The van der Waals surface area contributed by atoms with Crippen LogP contribution in [-0.4, -0.2) is 36.4 Å². The molecule has 1 aliphatic heterocycles. The van der Waals surface area contributed by atoms with Crippen LogP contribution < -0.4 is 9.47 Å². The Morgan fingerprint density at radius 1 is 1.36 bits per heavy atom. The van der Waals surface area contributed by atoms with E-state index in [1.54, 1.807) is 0 Å². The molecule has 138 valence electrons. The first-order valence-corrected chi connectivity index (χ1v) is 9.74. The van der Waals surface area contributed by atoms with Crippen molar-refractivity contribution in [1.82, 2.24) is 0 Å². The van der Waals surface area contributed by atoms with Crippen molar-refractivity contribution in [3.63, 3.8) is 0 Å². The average Bonchev–Trinajstić information content (AvgIpc) is 2.62. The van der Waals surface area contributed by atoms with Crippen LogP contribution in [-0.2, 0) is 27.2 Å². The van der Waals surface area contributed by atoms with E-state index in [1.165, 1.54) is 14.0 Å². The summed E-state index contributed by atoms with van der Waals surface area (Å²) in [5, 5.41) is 0.868. The Kier molecular flexibility index (Phi) is 6.87. The topological polar surface area (TPSA) is 61.8 Å². The van der Waals surface area contributed by atoms with Gasteiger partial charge in [-0.2, -0.15) is 0 Å². The van der Waals surface area contributed by atoms with Crippen molar-refractivity contribution >= 4 is 27.7 Å². The lowest BCUT2D eigenvalue weighted by molar-refractivity contribution is -0.165. The predicted octanol–water partition coefficient (Wildman–Crippen LogP) is 3.63. The molecule has 0 fully saturated rings. The highest BCUT2D eigenvalue weighted by atomic mass is 79.9. The Morgan fingerprint density at radius 2 is 2.12 bits per heavy atom. The molecule has 1 heterocycles. The lowest BCUT2D eigenvalue weighted by Gasteiger charge is -2.35. The molecule has 0 saturated heterocycles. The van der Waals surface area contributed by atoms with Gasteiger partial charge in [0.05, 0.1) is 13.7 Å². The van der Waals surface area contributed by atoms with E-state index in [1.807, 2.05) is 12.1 Å². The molecule has 0 N–H and O–H groups in total. The molecule has 0 spiro atoms. The Hall–Kier alpha value is -1.56. The van der Waals surface area contributed by atoms with Crippen LogP contribution in [0.2, 0.25) is 0 Å². The first kappa shape index (κ1) is 19.8. The average molecular weight is 413 g/mol. The second kappa shape index (κ2) is 8.70. The van der Waals surface area contributed by atoms with E-state index < -0.39 is 11.6 Å². The Morgan fingerprint density at radius 3 is 2.72 bits per heavy atom. The summed E-state index contributed by atoms with van der Waals surface area (Å²) in [5.74, 6) is 0.382. The molecule has 2 rings (SSSR count). The van der Waals surface area contributed by atoms with Gasteiger partial charge in [0.15, 0.2) is 5.78 Å². The minimum Gasteiger partial charge on any atom is -0.493 e. The van der Waals surface area contributed by atoms with E-state index in [-0.39, 0.29) is 12.2 Å². The quantitative estimate of drug-likeness (QED) is 0.282. The molecule has 6 heteroatoms. The molecule has 1 atom stereocenters. The van der Waals surface area contributed by atoms with Gasteiger partial charge in [-0.25, -0.2) is 4.79 Å². The van der Waals surface area contributed by atoms with Gasteiger partial charge in [0.25, 0.3) is 5.60 Å². The molecule has 0 amide bonds. The van der Waals surface area contributed by atoms with Gasteiger partial charge in [-0.3, -0.25) is 4.79 Å². The summed E-state index contributed by atoms with van der Waals surface area (Å²) in [6, 6.07) is 3.92. The number of hydrogen-bond donors (Lipinski definition) is 0. The number of aryl methyl sites for hydroxylation is 1. The molecule has 1 aliphatic rings. The van der Waals surface area contributed by atoms with Gasteiger partial charge in [0.2, 0.25) is 0 Å². The minimum absolute atomic E-state index is 0.289. The molecule has 1 aromatic rings. The Balaban J connectivity index is 2.45. The van der Waals surface area contributed by atoms with Crippen LogP contribution in [0.25, 0.3) is 0 Å². The number of methoxy groups -OCH3 is 1. The van der Waals surface area contributed by atoms with E-state index in [0.717, 1.165) is 41.5 Å². The predicted molar refractivity (Wildman–Crippen MR) is 98.7 cm³/mol. The molecule has 5 nitrogen and oxygen atoms in total. The van der Waals surface area contributed by atoms with Crippen LogP contribution in [0.1, 0.15) is 44.2 Å². The number of ketones is 1. The van der Waals surface area contributed by atoms with E-state index in [0.29, 0.717) is 18.8 Å². The molecular weight excluding hydrogens is 388 g/mol. The second-order valence-electron chi connectivity index (χ2n) is 6.15. The number of Topliss-reactive ketones (excluding diaryl/α,β-unsaturated/α-hetero) is 1. The third kappa shape index (κ3) is 4.00. The molecule has 1 unspecified atom stereocenters. The largest absolute Gasteiger partial charge is 0.493 e. The monoisotopic (exact) mass is 412 g/mol. The highest BCUT2D eigenvalue weighted by Gasteiger charge is 2.50. The van der Waals surface area contributed by atoms with Crippen molar-refractivity contribution in [1.29, 1.82) is 0 Å². The molecule has 0 saturated carbocycles. The molecule has 25 heavy (non-hydrogen) atoms. The van der Waals surface area contributed by atoms with Gasteiger partial charge in [0.1, 0.15) is 11.5 Å². The normalized spacial score (nSPS) is 18.9. The van der Waals surface area contributed by atoms with Crippen molar-refractivity contribution in [2.45, 2.75) is 51.6 Å². The van der Waals surface area contributed by atoms with Gasteiger partial charge in [-0.15, -0.1) is 0 Å². The van der Waals surface area contributed by atoms with Crippen molar-refractivity contribution in [3.05, 3.63) is 23.3 Å². The molecule has 0 aromatic heterocycles. The smallest absolute Gasteiger partial charge is 0.358 e. The summed E-state index contributed by atoms with van der Waals surface area (Å²) in [5.41, 5.74) is 0.361. The Labute approximate surface area is 157 Å². The SMILES string of the molecule is CCCc1c(OCCCBr)ccc2c1OC(C(C)=O)(C(=O)OC)CC2. The van der Waals surface area contributed by atoms with Crippen LogP contribution in [0, 0.1) is 0 Å². The van der Waals surface area contributed by atoms with E-state index >= 15 is 0 Å². The summed E-state index contributed by atoms with van der Waals surface area (Å²) < 4.78 is 16.8. The molecular formula is C19H25BrO5. The van der Waals surface area contributed by atoms with E-state index in [4.69, 9.17) is 14.2 Å². The van der Waals surface area contributed by atoms with Crippen LogP contribution >= 0.6 is 15.9 Å². The van der Waals surface area contributed by atoms with Gasteiger partial charge in [0, 0.05) is 17.3 Å². The van der Waals surface area contributed by atoms with Crippen molar-refractivity contribution < 1.29 is 23.8 Å². The summed E-state index contributed by atoms with van der Waals surface area (Å²) >= 11 is 3.39. The number of benzene rings is 1. The summed E-state index contributed by atoms with van der Waals surface area (Å²) in [6.45, 7) is 4.04. The second-order valence-corrected chi connectivity index (χ2v) is 6.94. The van der Waals surface area contributed by atoms with Gasteiger partial charge >= 0.3 is 5.97 Å². The van der Waals surface area contributed by atoms with Gasteiger partial charge in [-0.05, 0) is 37.8 Å². The third-order valence-corrected chi connectivity index (χ3v) is 5.00. The summed E-state index contributed by atoms with van der Waals surface area (Å²) in [6.07, 6.45) is 3.42. The zero-order valence-electron chi connectivity index (χ0n) is 15.0. The maximum atomic E-state index is 12.3. The number of rotatable bonds is 8. The third-order valence-electron chi connectivity index (χ3n) is 4.44. The van der Waals surface area contributed by atoms with Crippen LogP contribution in [0.5, 0.6) is 11.5 Å². The molecule has 0 bridgehead atoms. The lowest BCUT2D eigenvalue weighted by Crippen LogP contribution is -2.53. The van der Waals surface area contributed by atoms with Crippen LogP contribution in [0.15, 0.2) is 12.1 Å². The van der Waals surface area contributed by atoms with Crippen molar-refractivity contribution in [2.24, 2.45) is 0 Å². The number of carbonyl (C=O) groups is 2. The maximum absolute atomic E-state index is 12.3. The fourth-order valence-corrected chi connectivity index (χ4v) is 3.31. The summed E-state index contributed by atoms with van der Waals surface area (Å²) in [4.78, 5) is 24.5. The number of halogens is 1. The first-order chi connectivity index (χ1) is 12.0. The molecule has 0 aliphatic carbocycles. The van der Waals surface area contributed by atoms with Gasteiger partial charge in [-0.1, -0.05) is 35.3 Å². The molecule has 0 radical (unpaired) electrons. The number of hydrogen-bond acceptors (Lipinski definition) is 5. The number of alkyl halides is 1. The van der Waals surface area contributed by atoms with Crippen molar-refractivity contribution in [3.8, 4) is 11.5 Å². The van der Waals surface area contributed by atoms with Gasteiger partial charge < -0.3 is 14.2 Å².